The third-order valence-corrected chi connectivity index (χ3v) is 4.82. The molecule has 3 heterocycles. The Morgan fingerprint density at radius 2 is 2.10 bits per heavy atom. The maximum atomic E-state index is 12.0. The van der Waals surface area contributed by atoms with Gasteiger partial charge in [-0.15, -0.1) is 0 Å². The molecular formula is C15H15BrN4O. The van der Waals surface area contributed by atoms with Gasteiger partial charge in [0.25, 0.3) is 5.56 Å². The van der Waals surface area contributed by atoms with Crippen LogP contribution in [0.4, 0.5) is 0 Å². The number of piperidine rings is 1. The first-order chi connectivity index (χ1) is 10.2. The second kappa shape index (κ2) is 4.96. The van der Waals surface area contributed by atoms with Crippen LogP contribution in [0.25, 0.3) is 16.6 Å². The summed E-state index contributed by atoms with van der Waals surface area (Å²) in [6.07, 6.45) is 2.08. The molecule has 1 saturated heterocycles. The molecule has 1 aliphatic rings. The fourth-order valence-corrected chi connectivity index (χ4v) is 3.58. The zero-order valence-corrected chi connectivity index (χ0v) is 13.0. The lowest BCUT2D eigenvalue weighted by molar-refractivity contribution is 0.446. The SMILES string of the molecule is O=c1cc(C2CCNCC2)n2nc3c(Br)cccc3c2[nH]1. The van der Waals surface area contributed by atoms with Crippen LogP contribution in [-0.4, -0.2) is 27.7 Å². The van der Waals surface area contributed by atoms with Gasteiger partial charge in [-0.3, -0.25) is 4.79 Å². The number of hydrogen-bond donors (Lipinski definition) is 2. The summed E-state index contributed by atoms with van der Waals surface area (Å²) < 4.78 is 2.85. The Morgan fingerprint density at radius 1 is 1.29 bits per heavy atom. The van der Waals surface area contributed by atoms with Gasteiger partial charge in [-0.2, -0.15) is 5.10 Å². The van der Waals surface area contributed by atoms with Gasteiger partial charge in [-0.25, -0.2) is 4.52 Å². The Hall–Kier alpha value is -1.66. The second-order valence-electron chi connectivity index (χ2n) is 5.48. The van der Waals surface area contributed by atoms with E-state index in [1.165, 1.54) is 0 Å². The van der Waals surface area contributed by atoms with Gasteiger partial charge in [0, 0.05) is 21.8 Å². The lowest BCUT2D eigenvalue weighted by Gasteiger charge is -2.23. The van der Waals surface area contributed by atoms with E-state index in [0.29, 0.717) is 5.92 Å². The minimum atomic E-state index is -0.0576. The van der Waals surface area contributed by atoms with E-state index in [9.17, 15) is 4.79 Å². The zero-order valence-electron chi connectivity index (χ0n) is 11.4. The molecule has 0 amide bonds. The molecule has 2 N–H and O–H groups in total. The maximum absolute atomic E-state index is 12.0. The fraction of sp³-hybridized carbons (Fsp3) is 0.333. The van der Waals surface area contributed by atoms with Crippen LogP contribution in [0, 0.1) is 0 Å². The van der Waals surface area contributed by atoms with Crippen LogP contribution in [0.3, 0.4) is 0 Å². The molecule has 1 aromatic carbocycles. The van der Waals surface area contributed by atoms with Crippen molar-refractivity contribution >= 4 is 32.5 Å². The highest BCUT2D eigenvalue weighted by Crippen LogP contribution is 2.29. The van der Waals surface area contributed by atoms with E-state index in [-0.39, 0.29) is 5.56 Å². The highest BCUT2D eigenvalue weighted by molar-refractivity contribution is 9.10. The van der Waals surface area contributed by atoms with Gasteiger partial charge in [-0.1, -0.05) is 6.07 Å². The quantitative estimate of drug-likeness (QED) is 0.711. The number of halogens is 1. The number of aromatic nitrogens is 3. The second-order valence-corrected chi connectivity index (χ2v) is 6.33. The Kier molecular flexibility index (Phi) is 3.08. The number of aromatic amines is 1. The molecule has 0 radical (unpaired) electrons. The first-order valence-electron chi connectivity index (χ1n) is 7.15. The van der Waals surface area contributed by atoms with Gasteiger partial charge in [0.05, 0.1) is 5.69 Å². The van der Waals surface area contributed by atoms with Crippen molar-refractivity contribution in [2.45, 2.75) is 18.8 Å². The number of nitrogens with zero attached hydrogens (tertiary/aromatic N) is 2. The van der Waals surface area contributed by atoms with Crippen LogP contribution < -0.4 is 10.9 Å². The van der Waals surface area contributed by atoms with E-state index in [1.807, 2.05) is 22.7 Å². The van der Waals surface area contributed by atoms with Gasteiger partial charge < -0.3 is 10.3 Å². The van der Waals surface area contributed by atoms with Gasteiger partial charge in [0.2, 0.25) is 0 Å². The van der Waals surface area contributed by atoms with Gasteiger partial charge in [0.1, 0.15) is 11.2 Å². The first kappa shape index (κ1) is 13.0. The molecule has 2 aromatic heterocycles. The molecule has 0 aliphatic carbocycles. The van der Waals surface area contributed by atoms with Crippen LogP contribution in [0.5, 0.6) is 0 Å². The normalized spacial score (nSPS) is 16.8. The minimum Gasteiger partial charge on any atom is -0.317 e. The zero-order chi connectivity index (χ0) is 14.4. The van der Waals surface area contributed by atoms with Crippen molar-refractivity contribution in [1.82, 2.24) is 19.9 Å². The molecule has 0 unspecified atom stereocenters. The highest BCUT2D eigenvalue weighted by Gasteiger charge is 2.20. The summed E-state index contributed by atoms with van der Waals surface area (Å²) in [6, 6.07) is 7.62. The van der Waals surface area contributed by atoms with Crippen LogP contribution in [0.2, 0.25) is 0 Å². The Balaban J connectivity index is 2.04. The molecule has 0 saturated carbocycles. The van der Waals surface area contributed by atoms with Crippen molar-refractivity contribution < 1.29 is 0 Å². The summed E-state index contributed by atoms with van der Waals surface area (Å²) in [6.45, 7) is 1.98. The number of H-pyrrole nitrogens is 1. The van der Waals surface area contributed by atoms with E-state index in [1.54, 1.807) is 6.07 Å². The predicted molar refractivity (Wildman–Crippen MR) is 85.9 cm³/mol. The Morgan fingerprint density at radius 3 is 2.90 bits per heavy atom. The van der Waals surface area contributed by atoms with Crippen LogP contribution in [0.15, 0.2) is 33.5 Å². The number of rotatable bonds is 1. The van der Waals surface area contributed by atoms with E-state index >= 15 is 0 Å². The molecule has 0 atom stereocenters. The number of benzene rings is 1. The summed E-state index contributed by atoms with van der Waals surface area (Å²) in [7, 11) is 0. The number of hydrogen-bond acceptors (Lipinski definition) is 3. The minimum absolute atomic E-state index is 0.0576. The molecule has 108 valence electrons. The molecule has 1 fully saturated rings. The average Bonchev–Trinajstić information content (AvgIpc) is 2.88. The fourth-order valence-electron chi connectivity index (χ4n) is 3.14. The van der Waals surface area contributed by atoms with Crippen molar-refractivity contribution in [2.24, 2.45) is 0 Å². The molecule has 4 rings (SSSR count). The van der Waals surface area contributed by atoms with Gasteiger partial charge in [0.15, 0.2) is 0 Å². The van der Waals surface area contributed by atoms with E-state index in [0.717, 1.165) is 52.6 Å². The van der Waals surface area contributed by atoms with Crippen LogP contribution >= 0.6 is 15.9 Å². The van der Waals surface area contributed by atoms with E-state index in [2.05, 4.69) is 26.2 Å². The van der Waals surface area contributed by atoms with Crippen LogP contribution in [0.1, 0.15) is 24.5 Å². The number of fused-ring (bicyclic) bond motifs is 3. The summed E-state index contributed by atoms with van der Waals surface area (Å²) in [5.41, 5.74) is 2.62. The van der Waals surface area contributed by atoms with Gasteiger partial charge in [-0.05, 0) is 54.0 Å². The standard InChI is InChI=1S/C15H15BrN4O/c16-11-3-1-2-10-14(11)19-20-12(8-13(21)18-15(10)20)9-4-6-17-7-5-9/h1-3,8-9,17H,4-7H2,(H,18,21). The lowest BCUT2D eigenvalue weighted by Crippen LogP contribution is -2.28. The molecule has 21 heavy (non-hydrogen) atoms. The van der Waals surface area contributed by atoms with Crippen molar-refractivity contribution in [1.29, 1.82) is 0 Å². The Labute approximate surface area is 129 Å². The molecular weight excluding hydrogens is 332 g/mol. The molecule has 6 heteroatoms. The highest BCUT2D eigenvalue weighted by atomic mass is 79.9. The van der Waals surface area contributed by atoms with E-state index in [4.69, 9.17) is 5.10 Å². The Bertz CT molecular complexity index is 876. The third-order valence-electron chi connectivity index (χ3n) is 4.18. The van der Waals surface area contributed by atoms with E-state index < -0.39 is 0 Å². The smallest absolute Gasteiger partial charge is 0.251 e. The van der Waals surface area contributed by atoms with Crippen molar-refractivity contribution in [3.05, 3.63) is 44.8 Å². The summed E-state index contributed by atoms with van der Waals surface area (Å²) in [5, 5.41) is 9.04. The largest absolute Gasteiger partial charge is 0.317 e. The summed E-state index contributed by atoms with van der Waals surface area (Å²) in [4.78, 5) is 15.0. The average molecular weight is 347 g/mol. The molecule has 3 aromatic rings. The number of nitrogens with one attached hydrogen (secondary N) is 2. The van der Waals surface area contributed by atoms with Crippen molar-refractivity contribution in [3.8, 4) is 0 Å². The predicted octanol–water partition coefficient (Wildman–Crippen LogP) is 2.41. The van der Waals surface area contributed by atoms with Crippen molar-refractivity contribution in [3.63, 3.8) is 0 Å². The van der Waals surface area contributed by atoms with Crippen molar-refractivity contribution in [2.75, 3.05) is 13.1 Å². The monoisotopic (exact) mass is 346 g/mol. The van der Waals surface area contributed by atoms with Gasteiger partial charge >= 0.3 is 0 Å². The maximum Gasteiger partial charge on any atom is 0.251 e. The molecule has 0 spiro atoms. The molecule has 5 nitrogen and oxygen atoms in total. The summed E-state index contributed by atoms with van der Waals surface area (Å²) >= 11 is 3.54. The first-order valence-corrected chi connectivity index (χ1v) is 7.94. The molecule has 1 aliphatic heterocycles. The summed E-state index contributed by atoms with van der Waals surface area (Å²) in [5.74, 6) is 0.379. The lowest BCUT2D eigenvalue weighted by atomic mass is 9.94. The topological polar surface area (TPSA) is 62.2 Å². The molecule has 0 bridgehead atoms. The van der Waals surface area contributed by atoms with Crippen LogP contribution in [-0.2, 0) is 0 Å². The third kappa shape index (κ3) is 2.10.